The summed E-state index contributed by atoms with van der Waals surface area (Å²) in [5.41, 5.74) is 2.98. The summed E-state index contributed by atoms with van der Waals surface area (Å²) in [5, 5.41) is 15.4. The molecule has 0 bridgehead atoms. The van der Waals surface area contributed by atoms with E-state index in [0.717, 1.165) is 29.1 Å². The number of nitrogens with zero attached hydrogens (tertiary/aromatic N) is 2. The Bertz CT molecular complexity index is 958. The normalized spacial score (nSPS) is 10.4. The topological polar surface area (TPSA) is 96.4 Å². The molecule has 3 N–H and O–H groups in total. The maximum absolute atomic E-state index is 10.9. The molecule has 0 unspecified atom stereocenters. The zero-order chi connectivity index (χ0) is 19.9. The number of carboxylic acid groups (broad SMARTS) is 1. The Labute approximate surface area is 163 Å². The number of methoxy groups -OCH3 is 1. The van der Waals surface area contributed by atoms with Crippen molar-refractivity contribution in [2.75, 3.05) is 24.3 Å². The monoisotopic (exact) mass is 378 g/mol. The second-order valence-corrected chi connectivity index (χ2v) is 6.25. The molecular formula is C21H22N4O3. The van der Waals surface area contributed by atoms with Gasteiger partial charge in [0.05, 0.1) is 12.7 Å². The Kier molecular flexibility index (Phi) is 6.06. The highest BCUT2D eigenvalue weighted by molar-refractivity contribution is 5.88. The summed E-state index contributed by atoms with van der Waals surface area (Å²) in [6.45, 7) is 2.58. The van der Waals surface area contributed by atoms with Gasteiger partial charge in [-0.15, -0.1) is 0 Å². The van der Waals surface area contributed by atoms with E-state index in [-0.39, 0.29) is 5.56 Å². The Morgan fingerprint density at radius 1 is 1.11 bits per heavy atom. The molecule has 3 rings (SSSR count). The van der Waals surface area contributed by atoms with Gasteiger partial charge in [-0.25, -0.2) is 9.78 Å². The van der Waals surface area contributed by atoms with Gasteiger partial charge in [-0.2, -0.15) is 4.98 Å². The van der Waals surface area contributed by atoms with Gasteiger partial charge in [0.15, 0.2) is 0 Å². The molecule has 0 radical (unpaired) electrons. The third-order valence-electron chi connectivity index (χ3n) is 4.09. The predicted molar refractivity (Wildman–Crippen MR) is 109 cm³/mol. The van der Waals surface area contributed by atoms with Crippen LogP contribution in [-0.2, 0) is 6.42 Å². The molecule has 3 aromatic rings. The second-order valence-electron chi connectivity index (χ2n) is 6.25. The molecule has 7 heteroatoms. The molecule has 7 nitrogen and oxygen atoms in total. The molecule has 28 heavy (non-hydrogen) atoms. The molecule has 1 heterocycles. The van der Waals surface area contributed by atoms with Gasteiger partial charge >= 0.3 is 5.97 Å². The summed E-state index contributed by atoms with van der Waals surface area (Å²) in [4.78, 5) is 19.8. The lowest BCUT2D eigenvalue weighted by atomic mass is 10.1. The van der Waals surface area contributed by atoms with Crippen molar-refractivity contribution < 1.29 is 14.6 Å². The molecule has 0 saturated carbocycles. The molecule has 144 valence electrons. The Balaban J connectivity index is 1.63. The largest absolute Gasteiger partial charge is 0.497 e. The van der Waals surface area contributed by atoms with Crippen molar-refractivity contribution >= 4 is 23.4 Å². The number of ether oxygens (including phenoxy) is 1. The quantitative estimate of drug-likeness (QED) is 0.547. The third kappa shape index (κ3) is 5.20. The van der Waals surface area contributed by atoms with E-state index in [0.29, 0.717) is 18.3 Å². The summed E-state index contributed by atoms with van der Waals surface area (Å²) in [6, 6.07) is 16.3. The SMILES string of the molecule is COc1cccc(CCNc2nc(C)cc(Nc3ccc(C(=O)O)cc3)n2)c1. The van der Waals surface area contributed by atoms with E-state index in [1.807, 2.05) is 31.2 Å². The Morgan fingerprint density at radius 2 is 1.89 bits per heavy atom. The minimum Gasteiger partial charge on any atom is -0.497 e. The van der Waals surface area contributed by atoms with Gasteiger partial charge in [-0.1, -0.05) is 12.1 Å². The fourth-order valence-electron chi connectivity index (χ4n) is 2.70. The van der Waals surface area contributed by atoms with Crippen LogP contribution in [0.2, 0.25) is 0 Å². The van der Waals surface area contributed by atoms with Crippen molar-refractivity contribution in [1.29, 1.82) is 0 Å². The van der Waals surface area contributed by atoms with Gasteiger partial charge in [0.1, 0.15) is 11.6 Å². The van der Waals surface area contributed by atoms with Crippen LogP contribution >= 0.6 is 0 Å². The van der Waals surface area contributed by atoms with Crippen molar-refractivity contribution in [3.8, 4) is 5.75 Å². The van der Waals surface area contributed by atoms with Gasteiger partial charge in [-0.05, 0) is 55.3 Å². The number of rotatable bonds is 8. The van der Waals surface area contributed by atoms with Crippen molar-refractivity contribution in [3.63, 3.8) is 0 Å². The van der Waals surface area contributed by atoms with Crippen LogP contribution < -0.4 is 15.4 Å². The number of carbonyl (C=O) groups is 1. The maximum Gasteiger partial charge on any atom is 0.335 e. The number of hydrogen-bond donors (Lipinski definition) is 3. The molecule has 0 atom stereocenters. The average Bonchev–Trinajstić information content (AvgIpc) is 2.68. The first kappa shape index (κ1) is 19.2. The Hall–Kier alpha value is -3.61. The van der Waals surface area contributed by atoms with E-state index in [2.05, 4.69) is 26.7 Å². The van der Waals surface area contributed by atoms with E-state index in [9.17, 15) is 4.79 Å². The number of nitrogens with one attached hydrogen (secondary N) is 2. The number of benzene rings is 2. The maximum atomic E-state index is 10.9. The van der Waals surface area contributed by atoms with E-state index in [1.165, 1.54) is 0 Å². The van der Waals surface area contributed by atoms with Gasteiger partial charge in [-0.3, -0.25) is 0 Å². The van der Waals surface area contributed by atoms with E-state index in [4.69, 9.17) is 9.84 Å². The van der Waals surface area contributed by atoms with Gasteiger partial charge < -0.3 is 20.5 Å². The van der Waals surface area contributed by atoms with Crippen LogP contribution in [0.1, 0.15) is 21.6 Å². The summed E-state index contributed by atoms with van der Waals surface area (Å²) >= 11 is 0. The lowest BCUT2D eigenvalue weighted by molar-refractivity contribution is 0.0697. The molecule has 1 aromatic heterocycles. The van der Waals surface area contributed by atoms with Crippen molar-refractivity contribution in [1.82, 2.24) is 9.97 Å². The van der Waals surface area contributed by atoms with Crippen molar-refractivity contribution in [3.05, 3.63) is 71.4 Å². The van der Waals surface area contributed by atoms with Crippen LogP contribution in [0.25, 0.3) is 0 Å². The number of aromatic carboxylic acids is 1. The highest BCUT2D eigenvalue weighted by atomic mass is 16.5. The molecule has 0 spiro atoms. The van der Waals surface area contributed by atoms with E-state index in [1.54, 1.807) is 31.4 Å². The first-order chi connectivity index (χ1) is 13.5. The summed E-state index contributed by atoms with van der Waals surface area (Å²) in [6.07, 6.45) is 0.813. The lowest BCUT2D eigenvalue weighted by Crippen LogP contribution is -2.09. The van der Waals surface area contributed by atoms with Crippen LogP contribution in [0.4, 0.5) is 17.5 Å². The van der Waals surface area contributed by atoms with Crippen LogP contribution in [0.3, 0.4) is 0 Å². The highest BCUT2D eigenvalue weighted by Gasteiger charge is 2.05. The van der Waals surface area contributed by atoms with E-state index < -0.39 is 5.97 Å². The first-order valence-corrected chi connectivity index (χ1v) is 8.86. The molecule has 0 saturated heterocycles. The average molecular weight is 378 g/mol. The minimum atomic E-state index is -0.952. The highest BCUT2D eigenvalue weighted by Crippen LogP contribution is 2.18. The van der Waals surface area contributed by atoms with Crippen LogP contribution in [-0.4, -0.2) is 34.7 Å². The molecule has 0 amide bonds. The fourth-order valence-corrected chi connectivity index (χ4v) is 2.70. The number of carboxylic acids is 1. The standard InChI is InChI=1S/C21H22N4O3/c1-14-12-19(24-17-8-6-16(7-9-17)20(26)27)25-21(23-14)22-11-10-15-4-3-5-18(13-15)28-2/h3-9,12-13H,10-11H2,1-2H3,(H,26,27)(H2,22,23,24,25). The van der Waals surface area contributed by atoms with Gasteiger partial charge in [0.25, 0.3) is 0 Å². The number of aromatic nitrogens is 2. The minimum absolute atomic E-state index is 0.240. The fraction of sp³-hybridized carbons (Fsp3) is 0.190. The Morgan fingerprint density at radius 3 is 2.61 bits per heavy atom. The number of aryl methyl sites for hydroxylation is 1. The second kappa shape index (κ2) is 8.85. The summed E-state index contributed by atoms with van der Waals surface area (Å²) in [7, 11) is 1.65. The van der Waals surface area contributed by atoms with Crippen LogP contribution in [0, 0.1) is 6.92 Å². The van der Waals surface area contributed by atoms with Crippen LogP contribution in [0.15, 0.2) is 54.6 Å². The summed E-state index contributed by atoms with van der Waals surface area (Å²) in [5.74, 6) is 1.06. The molecule has 0 aliphatic carbocycles. The van der Waals surface area contributed by atoms with Crippen molar-refractivity contribution in [2.45, 2.75) is 13.3 Å². The van der Waals surface area contributed by atoms with Gasteiger partial charge in [0.2, 0.25) is 5.95 Å². The van der Waals surface area contributed by atoms with Gasteiger partial charge in [0, 0.05) is 24.0 Å². The third-order valence-corrected chi connectivity index (χ3v) is 4.09. The van der Waals surface area contributed by atoms with Crippen molar-refractivity contribution in [2.24, 2.45) is 0 Å². The lowest BCUT2D eigenvalue weighted by Gasteiger charge is -2.10. The molecule has 0 aliphatic heterocycles. The summed E-state index contributed by atoms with van der Waals surface area (Å²) < 4.78 is 5.24. The smallest absolute Gasteiger partial charge is 0.335 e. The molecule has 2 aromatic carbocycles. The number of anilines is 3. The molecule has 0 aliphatic rings. The zero-order valence-corrected chi connectivity index (χ0v) is 15.8. The first-order valence-electron chi connectivity index (χ1n) is 8.86. The zero-order valence-electron chi connectivity index (χ0n) is 15.8. The van der Waals surface area contributed by atoms with E-state index >= 15 is 0 Å². The van der Waals surface area contributed by atoms with Crippen LogP contribution in [0.5, 0.6) is 5.75 Å². The predicted octanol–water partition coefficient (Wildman–Crippen LogP) is 3.89. The molecular weight excluding hydrogens is 356 g/mol. The molecule has 0 fully saturated rings. The number of hydrogen-bond acceptors (Lipinski definition) is 6.